The van der Waals surface area contributed by atoms with Gasteiger partial charge in [0.15, 0.2) is 0 Å². The van der Waals surface area contributed by atoms with Gasteiger partial charge in [-0.3, -0.25) is 0 Å². The molecule has 0 rings (SSSR count). The van der Waals surface area contributed by atoms with Crippen molar-refractivity contribution in [2.24, 2.45) is 0 Å². The second kappa shape index (κ2) is 12.4. The molecule has 0 unspecified atom stereocenters. The van der Waals surface area contributed by atoms with Crippen LogP contribution in [0.3, 0.4) is 0 Å². The summed E-state index contributed by atoms with van der Waals surface area (Å²) in [6, 6.07) is 0. The second-order valence-corrected chi connectivity index (χ2v) is 3.24. The van der Waals surface area contributed by atoms with E-state index in [1.807, 2.05) is 0 Å². The molecule has 0 amide bonds. The molecule has 74 valence electrons. The topological polar surface area (TPSA) is 40.1 Å². The number of carboxylic acid groups (broad SMARTS) is 1. The summed E-state index contributed by atoms with van der Waals surface area (Å²) >= 11 is 0. The molecular weight excluding hydrogens is 359 g/mol. The van der Waals surface area contributed by atoms with Gasteiger partial charge in [0.05, 0.1) is 0 Å². The fourth-order valence-corrected chi connectivity index (χ4v) is 1.23. The third kappa shape index (κ3) is 15.2. The Hall–Kier alpha value is 0.392. The molecule has 13 heavy (non-hydrogen) atoms. The van der Waals surface area contributed by atoms with E-state index in [-0.39, 0.29) is 33.7 Å². The quantitative estimate of drug-likeness (QED) is 0.474. The first-order chi connectivity index (χ1) is 5.77. The Balaban J connectivity index is 0. The molecule has 0 aliphatic heterocycles. The van der Waals surface area contributed by atoms with Crippen LogP contribution in [-0.4, -0.2) is 33.3 Å². The summed E-state index contributed by atoms with van der Waals surface area (Å²) in [6.45, 7) is 2.19. The third-order valence-corrected chi connectivity index (χ3v) is 1.98. The van der Waals surface area contributed by atoms with Crippen LogP contribution in [0.15, 0.2) is 0 Å². The number of carbonyl (C=O) groups is 1. The molecule has 0 aromatic rings. The number of carboxylic acids is 1. The van der Waals surface area contributed by atoms with E-state index in [1.165, 1.54) is 32.1 Å². The van der Waals surface area contributed by atoms with Crippen molar-refractivity contribution in [3.8, 4) is 0 Å². The van der Waals surface area contributed by atoms with Crippen LogP contribution in [0.4, 0.5) is 0 Å². The van der Waals surface area contributed by atoms with Crippen LogP contribution < -0.4 is 5.11 Å². The number of unbranched alkanes of at least 4 members (excludes halogenated alkanes) is 6. The van der Waals surface area contributed by atoms with Crippen LogP contribution in [0.5, 0.6) is 0 Å². The normalized spacial score (nSPS) is 9.31. The van der Waals surface area contributed by atoms with E-state index in [4.69, 9.17) is 0 Å². The fraction of sp³-hybridized carbons (Fsp3) is 0.900. The van der Waals surface area contributed by atoms with Gasteiger partial charge in [0.2, 0.25) is 0 Å². The Morgan fingerprint density at radius 3 is 1.92 bits per heavy atom. The largest absolute Gasteiger partial charge is 2.00 e. The molecule has 0 fully saturated rings. The van der Waals surface area contributed by atoms with E-state index in [2.05, 4.69) is 6.92 Å². The standard InChI is InChI=1S/C10H20O2.Pb/c1-2-3-4-5-6-7-8-9-10(11)12;/h2-9H2,1H3,(H,11,12);/q;+2/p-1. The Morgan fingerprint density at radius 1 is 1.00 bits per heavy atom. The second-order valence-electron chi connectivity index (χ2n) is 3.24. The predicted octanol–water partition coefficient (Wildman–Crippen LogP) is 1.50. The number of hydrogen-bond acceptors (Lipinski definition) is 2. The molecule has 0 N–H and O–H groups in total. The molecule has 0 aliphatic rings. The maximum Gasteiger partial charge on any atom is 2.00 e. The Morgan fingerprint density at radius 2 is 1.46 bits per heavy atom. The van der Waals surface area contributed by atoms with Crippen LogP contribution >= 0.6 is 0 Å². The first kappa shape index (κ1) is 15.8. The minimum Gasteiger partial charge on any atom is -0.550 e. The first-order valence-electron chi connectivity index (χ1n) is 4.97. The van der Waals surface area contributed by atoms with Crippen molar-refractivity contribution in [3.63, 3.8) is 0 Å². The number of rotatable bonds is 8. The van der Waals surface area contributed by atoms with Gasteiger partial charge in [-0.1, -0.05) is 45.4 Å². The number of hydrogen-bond donors (Lipinski definition) is 0. The van der Waals surface area contributed by atoms with Crippen molar-refractivity contribution in [2.75, 3.05) is 0 Å². The van der Waals surface area contributed by atoms with Crippen molar-refractivity contribution >= 4 is 33.3 Å². The maximum absolute atomic E-state index is 10.0. The van der Waals surface area contributed by atoms with E-state index in [0.717, 1.165) is 12.8 Å². The van der Waals surface area contributed by atoms with Crippen LogP contribution in [-0.2, 0) is 4.79 Å². The monoisotopic (exact) mass is 379 g/mol. The molecule has 2 nitrogen and oxygen atoms in total. The van der Waals surface area contributed by atoms with Gasteiger partial charge in [0, 0.05) is 5.97 Å². The van der Waals surface area contributed by atoms with E-state index in [1.54, 1.807) is 0 Å². The van der Waals surface area contributed by atoms with Crippen LogP contribution in [0.1, 0.15) is 58.3 Å². The van der Waals surface area contributed by atoms with Crippen molar-refractivity contribution < 1.29 is 9.90 Å². The van der Waals surface area contributed by atoms with Gasteiger partial charge >= 0.3 is 27.3 Å². The average molecular weight is 378 g/mol. The Bertz CT molecular complexity index is 115. The zero-order valence-electron chi connectivity index (χ0n) is 8.47. The molecule has 3 heteroatoms. The molecule has 0 heterocycles. The summed E-state index contributed by atoms with van der Waals surface area (Å²) in [4.78, 5) is 10.0. The van der Waals surface area contributed by atoms with E-state index < -0.39 is 5.97 Å². The SMILES string of the molecule is CCCCCCCCCC(=O)[O-].[Pb+2]. The van der Waals surface area contributed by atoms with Gasteiger partial charge in [0.1, 0.15) is 0 Å². The van der Waals surface area contributed by atoms with Crippen molar-refractivity contribution in [3.05, 3.63) is 0 Å². The van der Waals surface area contributed by atoms with Gasteiger partial charge in [0.25, 0.3) is 0 Å². The van der Waals surface area contributed by atoms with Crippen LogP contribution in [0, 0.1) is 0 Å². The van der Waals surface area contributed by atoms with E-state index in [9.17, 15) is 9.90 Å². The smallest absolute Gasteiger partial charge is 0.550 e. The Kier molecular flexibility index (Phi) is 15.1. The zero-order chi connectivity index (χ0) is 9.23. The molecule has 2 radical (unpaired) electrons. The fourth-order valence-electron chi connectivity index (χ4n) is 1.23. The van der Waals surface area contributed by atoms with Crippen LogP contribution in [0.25, 0.3) is 0 Å². The van der Waals surface area contributed by atoms with Crippen molar-refractivity contribution in [2.45, 2.75) is 58.3 Å². The number of aliphatic carboxylic acids is 1. The first-order valence-corrected chi connectivity index (χ1v) is 4.97. The molecule has 0 saturated carbocycles. The van der Waals surface area contributed by atoms with E-state index >= 15 is 0 Å². The molecule has 0 atom stereocenters. The Labute approximate surface area is 101 Å². The summed E-state index contributed by atoms with van der Waals surface area (Å²) in [5, 5.41) is 10.0. The molecule has 0 bridgehead atoms. The third-order valence-electron chi connectivity index (χ3n) is 1.98. The van der Waals surface area contributed by atoms with Crippen molar-refractivity contribution in [1.82, 2.24) is 0 Å². The van der Waals surface area contributed by atoms with Crippen LogP contribution in [0.2, 0.25) is 0 Å². The molecular formula is C10H19O2Pb+. The van der Waals surface area contributed by atoms with Gasteiger partial charge in [-0.15, -0.1) is 0 Å². The molecule has 0 aromatic carbocycles. The summed E-state index contributed by atoms with van der Waals surface area (Å²) in [5.41, 5.74) is 0. The molecule has 0 spiro atoms. The average Bonchev–Trinajstić information content (AvgIpc) is 2.02. The van der Waals surface area contributed by atoms with Gasteiger partial charge in [-0.05, 0) is 12.8 Å². The van der Waals surface area contributed by atoms with Crippen molar-refractivity contribution in [1.29, 1.82) is 0 Å². The van der Waals surface area contributed by atoms with E-state index in [0.29, 0.717) is 0 Å². The summed E-state index contributed by atoms with van der Waals surface area (Å²) in [5.74, 6) is -0.913. The molecule has 0 aromatic heterocycles. The minimum atomic E-state index is -0.913. The zero-order valence-corrected chi connectivity index (χ0v) is 12.4. The number of carbonyl (C=O) groups excluding carboxylic acids is 1. The maximum atomic E-state index is 10.0. The summed E-state index contributed by atoms with van der Waals surface area (Å²) in [7, 11) is 0. The minimum absolute atomic E-state index is 0. The molecule has 0 aliphatic carbocycles. The summed E-state index contributed by atoms with van der Waals surface area (Å²) in [6.07, 6.45) is 8.34. The van der Waals surface area contributed by atoms with Gasteiger partial charge in [-0.2, -0.15) is 0 Å². The molecule has 0 saturated heterocycles. The van der Waals surface area contributed by atoms with Gasteiger partial charge in [-0.25, -0.2) is 0 Å². The predicted molar refractivity (Wildman–Crippen MR) is 53.4 cm³/mol. The van der Waals surface area contributed by atoms with Gasteiger partial charge < -0.3 is 9.90 Å². The summed E-state index contributed by atoms with van der Waals surface area (Å²) < 4.78 is 0.